The molecule has 0 radical (unpaired) electrons. The number of fused-ring (bicyclic) bond motifs is 1. The van der Waals surface area contributed by atoms with Crippen LogP contribution in [-0.4, -0.2) is 32.7 Å². The van der Waals surface area contributed by atoms with Gasteiger partial charge in [0, 0.05) is 20.0 Å². The third-order valence-electron chi connectivity index (χ3n) is 3.45. The van der Waals surface area contributed by atoms with Crippen molar-refractivity contribution in [2.24, 2.45) is 7.05 Å². The Morgan fingerprint density at radius 3 is 2.86 bits per heavy atom. The van der Waals surface area contributed by atoms with Crippen LogP contribution in [0.4, 0.5) is 0 Å². The van der Waals surface area contributed by atoms with E-state index in [0.717, 1.165) is 25.2 Å². The summed E-state index contributed by atoms with van der Waals surface area (Å²) in [7, 11) is -2.18. The molecule has 1 aliphatic heterocycles. The Hall–Kier alpha value is -1.45. The van der Waals surface area contributed by atoms with E-state index in [1.54, 1.807) is 14.0 Å². The standard InChI is InChI=1S/C11H15ClN6O2S/c1-7(10-15-14-8-4-3-5-18(8)10)16-21(19,20)11-9(12)17(2)6-13-11/h6-7,16H,3-5H2,1-2H3. The molecule has 0 spiro atoms. The monoisotopic (exact) mass is 330 g/mol. The highest BCUT2D eigenvalue weighted by atomic mass is 35.5. The van der Waals surface area contributed by atoms with Gasteiger partial charge in [0.1, 0.15) is 11.0 Å². The number of hydrogen-bond donors (Lipinski definition) is 1. The molecule has 0 amide bonds. The largest absolute Gasteiger partial charge is 0.324 e. The minimum absolute atomic E-state index is 0.0705. The van der Waals surface area contributed by atoms with E-state index in [9.17, 15) is 8.42 Å². The summed E-state index contributed by atoms with van der Waals surface area (Å²) >= 11 is 5.94. The Kier molecular flexibility index (Phi) is 3.50. The van der Waals surface area contributed by atoms with Gasteiger partial charge in [0.2, 0.25) is 5.03 Å². The topological polar surface area (TPSA) is 94.7 Å². The summed E-state index contributed by atoms with van der Waals surface area (Å²) in [5, 5.41) is 8.03. The highest BCUT2D eigenvalue weighted by Gasteiger charge is 2.28. The van der Waals surface area contributed by atoms with Crippen LogP contribution in [0, 0.1) is 0 Å². The first-order valence-electron chi connectivity index (χ1n) is 6.51. The number of aromatic nitrogens is 5. The van der Waals surface area contributed by atoms with Crippen LogP contribution in [0.2, 0.25) is 5.15 Å². The second kappa shape index (κ2) is 5.08. The molecule has 3 heterocycles. The van der Waals surface area contributed by atoms with Crippen molar-refractivity contribution in [2.75, 3.05) is 0 Å². The Morgan fingerprint density at radius 2 is 2.19 bits per heavy atom. The van der Waals surface area contributed by atoms with Crippen molar-refractivity contribution in [3.8, 4) is 0 Å². The SMILES string of the molecule is CC(NS(=O)(=O)c1ncn(C)c1Cl)c1nnc2n1CCC2. The summed E-state index contributed by atoms with van der Waals surface area (Å²) in [5.74, 6) is 1.50. The van der Waals surface area contributed by atoms with E-state index in [1.807, 2.05) is 4.57 Å². The normalized spacial score (nSPS) is 16.1. The average Bonchev–Trinajstić information content (AvgIpc) is 3.05. The minimum atomic E-state index is -3.81. The Morgan fingerprint density at radius 1 is 1.43 bits per heavy atom. The van der Waals surface area contributed by atoms with Gasteiger partial charge in [-0.1, -0.05) is 11.6 Å². The lowest BCUT2D eigenvalue weighted by Gasteiger charge is -2.13. The molecule has 1 atom stereocenters. The van der Waals surface area contributed by atoms with Crippen LogP contribution in [0.3, 0.4) is 0 Å². The quantitative estimate of drug-likeness (QED) is 0.888. The number of hydrogen-bond acceptors (Lipinski definition) is 5. The fourth-order valence-corrected chi connectivity index (χ4v) is 4.04. The zero-order valence-corrected chi connectivity index (χ0v) is 13.2. The van der Waals surface area contributed by atoms with Crippen molar-refractivity contribution >= 4 is 21.6 Å². The number of sulfonamides is 1. The molecule has 0 fully saturated rings. The van der Waals surface area contributed by atoms with Gasteiger partial charge in [-0.15, -0.1) is 10.2 Å². The Balaban J connectivity index is 1.87. The van der Waals surface area contributed by atoms with Crippen LogP contribution in [0.1, 0.15) is 31.0 Å². The predicted octanol–water partition coefficient (Wildman–Crippen LogP) is 0.651. The molecule has 3 rings (SSSR count). The van der Waals surface area contributed by atoms with E-state index in [-0.39, 0.29) is 10.2 Å². The molecule has 0 aliphatic carbocycles. The number of halogens is 1. The van der Waals surface area contributed by atoms with Gasteiger partial charge in [-0.05, 0) is 13.3 Å². The van der Waals surface area contributed by atoms with Gasteiger partial charge in [-0.25, -0.2) is 13.4 Å². The minimum Gasteiger partial charge on any atom is -0.324 e. The highest BCUT2D eigenvalue weighted by Crippen LogP contribution is 2.23. The summed E-state index contributed by atoms with van der Waals surface area (Å²) in [6.07, 6.45) is 3.23. The molecule has 0 saturated carbocycles. The molecule has 114 valence electrons. The maximum atomic E-state index is 12.3. The zero-order valence-electron chi connectivity index (χ0n) is 11.6. The van der Waals surface area contributed by atoms with Crippen LogP contribution in [0.15, 0.2) is 11.4 Å². The summed E-state index contributed by atoms with van der Waals surface area (Å²) in [5.41, 5.74) is 0. The molecule has 21 heavy (non-hydrogen) atoms. The molecule has 0 aromatic carbocycles. The highest BCUT2D eigenvalue weighted by molar-refractivity contribution is 7.89. The molecule has 0 saturated heterocycles. The Bertz CT molecular complexity index is 781. The number of rotatable bonds is 4. The molecule has 1 unspecified atom stereocenters. The van der Waals surface area contributed by atoms with Crippen LogP contribution < -0.4 is 4.72 Å². The van der Waals surface area contributed by atoms with Crippen LogP contribution in [0.25, 0.3) is 0 Å². The van der Waals surface area contributed by atoms with Gasteiger partial charge in [0.15, 0.2) is 5.82 Å². The first-order chi connectivity index (χ1) is 9.90. The molecular formula is C11H15ClN6O2S. The molecule has 10 heteroatoms. The second-order valence-electron chi connectivity index (χ2n) is 5.02. The van der Waals surface area contributed by atoms with E-state index in [4.69, 9.17) is 11.6 Å². The second-order valence-corrected chi connectivity index (χ2v) is 7.01. The van der Waals surface area contributed by atoms with Gasteiger partial charge in [-0.3, -0.25) is 0 Å². The fourth-order valence-electron chi connectivity index (χ4n) is 2.41. The number of aryl methyl sites for hydroxylation is 2. The lowest BCUT2D eigenvalue weighted by atomic mass is 10.3. The lowest BCUT2D eigenvalue weighted by Crippen LogP contribution is -2.29. The van der Waals surface area contributed by atoms with Crippen molar-refractivity contribution < 1.29 is 8.42 Å². The first-order valence-corrected chi connectivity index (χ1v) is 8.37. The smallest absolute Gasteiger partial charge is 0.261 e. The molecular weight excluding hydrogens is 316 g/mol. The first kappa shape index (κ1) is 14.5. The van der Waals surface area contributed by atoms with Crippen LogP contribution in [-0.2, 0) is 30.0 Å². The van der Waals surface area contributed by atoms with Crippen molar-refractivity contribution in [2.45, 2.75) is 37.4 Å². The van der Waals surface area contributed by atoms with Crippen molar-refractivity contribution in [1.29, 1.82) is 0 Å². The van der Waals surface area contributed by atoms with Gasteiger partial charge in [-0.2, -0.15) is 4.72 Å². The van der Waals surface area contributed by atoms with Gasteiger partial charge < -0.3 is 9.13 Å². The summed E-state index contributed by atoms with van der Waals surface area (Å²) < 4.78 is 30.6. The van der Waals surface area contributed by atoms with E-state index in [0.29, 0.717) is 5.82 Å². The molecule has 0 bridgehead atoms. The number of imidazole rings is 1. The van der Waals surface area contributed by atoms with Crippen molar-refractivity contribution in [1.82, 2.24) is 29.0 Å². The van der Waals surface area contributed by atoms with E-state index < -0.39 is 16.1 Å². The summed E-state index contributed by atoms with van der Waals surface area (Å²) in [6, 6.07) is -0.507. The van der Waals surface area contributed by atoms with Crippen molar-refractivity contribution in [3.05, 3.63) is 23.1 Å². The Labute approximate surface area is 127 Å². The predicted molar refractivity (Wildman–Crippen MR) is 75.3 cm³/mol. The zero-order chi connectivity index (χ0) is 15.2. The lowest BCUT2D eigenvalue weighted by molar-refractivity contribution is 0.543. The molecule has 1 aliphatic rings. The third-order valence-corrected chi connectivity index (χ3v) is 5.48. The van der Waals surface area contributed by atoms with Crippen LogP contribution in [0.5, 0.6) is 0 Å². The number of nitrogens with one attached hydrogen (secondary N) is 1. The maximum Gasteiger partial charge on any atom is 0.261 e. The van der Waals surface area contributed by atoms with Gasteiger partial charge in [0.25, 0.3) is 10.0 Å². The van der Waals surface area contributed by atoms with Crippen LogP contribution >= 0.6 is 11.6 Å². The fraction of sp³-hybridized carbons (Fsp3) is 0.545. The van der Waals surface area contributed by atoms with E-state index >= 15 is 0 Å². The molecule has 1 N–H and O–H groups in total. The molecule has 2 aromatic heterocycles. The van der Waals surface area contributed by atoms with Crippen molar-refractivity contribution in [3.63, 3.8) is 0 Å². The molecule has 8 nitrogen and oxygen atoms in total. The van der Waals surface area contributed by atoms with Gasteiger partial charge >= 0.3 is 0 Å². The average molecular weight is 331 g/mol. The number of nitrogens with zero attached hydrogens (tertiary/aromatic N) is 5. The van der Waals surface area contributed by atoms with Gasteiger partial charge in [0.05, 0.1) is 12.4 Å². The van der Waals surface area contributed by atoms with E-state index in [1.165, 1.54) is 10.9 Å². The maximum absolute atomic E-state index is 12.3. The summed E-state index contributed by atoms with van der Waals surface area (Å²) in [6.45, 7) is 2.54. The van der Waals surface area contributed by atoms with E-state index in [2.05, 4.69) is 19.9 Å². The summed E-state index contributed by atoms with van der Waals surface area (Å²) in [4.78, 5) is 3.83. The molecule has 2 aromatic rings. The third kappa shape index (κ3) is 2.45.